The third-order valence-electron chi connectivity index (χ3n) is 2.80. The van der Waals surface area contributed by atoms with Gasteiger partial charge in [-0.15, -0.1) is 0 Å². The van der Waals surface area contributed by atoms with Crippen molar-refractivity contribution in [3.63, 3.8) is 0 Å². The minimum absolute atomic E-state index is 0.175. The van der Waals surface area contributed by atoms with Crippen molar-refractivity contribution in [3.05, 3.63) is 0 Å². The zero-order chi connectivity index (χ0) is 17.0. The molecule has 0 aromatic rings. The monoisotopic (exact) mass is 326 g/mol. The van der Waals surface area contributed by atoms with Crippen LogP contribution in [0.5, 0.6) is 0 Å². The molecule has 1 fully saturated rings. The Morgan fingerprint density at radius 3 is 2.50 bits per heavy atom. The molecule has 0 aromatic heterocycles. The smallest absolute Gasteiger partial charge is 0.444 e. The standard InChI is InChI=1S/C13H21F3N2O4/c1-12(2,3)22-11(20)18-6-7-21-9(8-18)4-5-17-10(19)13(14,15)16/h9H,4-8H2,1-3H3,(H,17,19). The van der Waals surface area contributed by atoms with E-state index in [4.69, 9.17) is 9.47 Å². The first-order chi connectivity index (χ1) is 9.99. The molecule has 1 aliphatic heterocycles. The van der Waals surface area contributed by atoms with Gasteiger partial charge in [0.2, 0.25) is 0 Å². The van der Waals surface area contributed by atoms with Crippen molar-refractivity contribution in [3.8, 4) is 0 Å². The van der Waals surface area contributed by atoms with E-state index in [2.05, 4.69) is 0 Å². The summed E-state index contributed by atoms with van der Waals surface area (Å²) in [5.74, 6) is -1.98. The Hall–Kier alpha value is -1.51. The normalized spacial score (nSPS) is 19.7. The molecular formula is C13H21F3N2O4. The number of nitrogens with one attached hydrogen (secondary N) is 1. The van der Waals surface area contributed by atoms with Crippen molar-refractivity contribution in [1.82, 2.24) is 10.2 Å². The summed E-state index contributed by atoms with van der Waals surface area (Å²) in [7, 11) is 0. The lowest BCUT2D eigenvalue weighted by Gasteiger charge is -2.34. The Labute approximate surface area is 126 Å². The summed E-state index contributed by atoms with van der Waals surface area (Å²) >= 11 is 0. The van der Waals surface area contributed by atoms with E-state index in [0.717, 1.165) is 0 Å². The zero-order valence-corrected chi connectivity index (χ0v) is 12.8. The lowest BCUT2D eigenvalue weighted by Crippen LogP contribution is -2.48. The molecule has 1 heterocycles. The number of nitrogens with zero attached hydrogens (tertiary/aromatic N) is 1. The van der Waals surface area contributed by atoms with Crippen molar-refractivity contribution >= 4 is 12.0 Å². The van der Waals surface area contributed by atoms with Crippen LogP contribution in [-0.4, -0.2) is 61.0 Å². The molecule has 1 unspecified atom stereocenters. The van der Waals surface area contributed by atoms with Gasteiger partial charge in [0.05, 0.1) is 19.3 Å². The fourth-order valence-corrected chi connectivity index (χ4v) is 1.83. The highest BCUT2D eigenvalue weighted by atomic mass is 19.4. The molecule has 1 N–H and O–H groups in total. The molecule has 6 nitrogen and oxygen atoms in total. The van der Waals surface area contributed by atoms with Gasteiger partial charge in [0, 0.05) is 13.1 Å². The number of hydrogen-bond donors (Lipinski definition) is 1. The highest BCUT2D eigenvalue weighted by Crippen LogP contribution is 2.16. The zero-order valence-electron chi connectivity index (χ0n) is 12.8. The molecule has 9 heteroatoms. The largest absolute Gasteiger partial charge is 0.471 e. The van der Waals surface area contributed by atoms with Gasteiger partial charge in [-0.2, -0.15) is 13.2 Å². The quantitative estimate of drug-likeness (QED) is 0.857. The molecule has 22 heavy (non-hydrogen) atoms. The topological polar surface area (TPSA) is 67.9 Å². The summed E-state index contributed by atoms with van der Waals surface area (Å²) in [6.45, 7) is 5.92. The maximum atomic E-state index is 12.0. The second-order valence-corrected chi connectivity index (χ2v) is 5.96. The number of halogens is 3. The van der Waals surface area contributed by atoms with Crippen molar-refractivity contribution in [2.24, 2.45) is 0 Å². The average molecular weight is 326 g/mol. The van der Waals surface area contributed by atoms with Crippen LogP contribution in [0.4, 0.5) is 18.0 Å². The summed E-state index contributed by atoms with van der Waals surface area (Å²) in [5.41, 5.74) is -0.619. The Balaban J connectivity index is 2.38. The van der Waals surface area contributed by atoms with E-state index in [9.17, 15) is 22.8 Å². The number of alkyl halides is 3. The molecule has 0 bridgehead atoms. The van der Waals surface area contributed by atoms with Crippen LogP contribution in [0.2, 0.25) is 0 Å². The van der Waals surface area contributed by atoms with Crippen LogP contribution in [-0.2, 0) is 14.3 Å². The molecule has 1 atom stereocenters. The summed E-state index contributed by atoms with van der Waals surface area (Å²) in [5, 5.41) is 1.77. The van der Waals surface area contributed by atoms with Crippen LogP contribution >= 0.6 is 0 Å². The van der Waals surface area contributed by atoms with Gasteiger partial charge in [0.1, 0.15) is 5.60 Å². The summed E-state index contributed by atoms with van der Waals surface area (Å²) in [6.07, 6.45) is -5.63. The van der Waals surface area contributed by atoms with E-state index >= 15 is 0 Å². The Kier molecular flexibility index (Phi) is 6.04. The van der Waals surface area contributed by atoms with E-state index in [1.54, 1.807) is 26.1 Å². The molecule has 2 amide bonds. The van der Waals surface area contributed by atoms with Gasteiger partial charge >= 0.3 is 18.2 Å². The van der Waals surface area contributed by atoms with E-state index in [-0.39, 0.29) is 26.1 Å². The molecule has 1 aliphatic rings. The predicted molar refractivity (Wildman–Crippen MR) is 71.2 cm³/mol. The molecule has 0 aliphatic carbocycles. The van der Waals surface area contributed by atoms with E-state index < -0.39 is 29.9 Å². The lowest BCUT2D eigenvalue weighted by atomic mass is 10.2. The average Bonchev–Trinajstić information content (AvgIpc) is 2.36. The first-order valence-corrected chi connectivity index (χ1v) is 6.93. The third-order valence-corrected chi connectivity index (χ3v) is 2.80. The number of carbonyl (C=O) groups excluding carboxylic acids is 2. The van der Waals surface area contributed by atoms with Gasteiger partial charge in [-0.3, -0.25) is 4.79 Å². The Bertz CT molecular complexity index is 407. The maximum Gasteiger partial charge on any atom is 0.471 e. The number of rotatable bonds is 3. The van der Waals surface area contributed by atoms with Crippen LogP contribution in [0, 0.1) is 0 Å². The van der Waals surface area contributed by atoms with Gasteiger partial charge in [-0.1, -0.05) is 0 Å². The van der Waals surface area contributed by atoms with Crippen molar-refractivity contribution in [2.45, 2.75) is 45.1 Å². The fraction of sp³-hybridized carbons (Fsp3) is 0.846. The van der Waals surface area contributed by atoms with Crippen LogP contribution in [0.3, 0.4) is 0 Å². The number of hydrogen-bond acceptors (Lipinski definition) is 4. The number of ether oxygens (including phenoxy) is 2. The van der Waals surface area contributed by atoms with E-state index in [1.165, 1.54) is 4.90 Å². The second kappa shape index (κ2) is 7.17. The molecule has 1 rings (SSSR count). The summed E-state index contributed by atoms with van der Waals surface area (Å²) in [4.78, 5) is 24.0. The second-order valence-electron chi connectivity index (χ2n) is 5.96. The number of morpholine rings is 1. The highest BCUT2D eigenvalue weighted by Gasteiger charge is 2.38. The van der Waals surface area contributed by atoms with Gasteiger partial charge in [-0.25, -0.2) is 4.79 Å². The molecule has 0 spiro atoms. The van der Waals surface area contributed by atoms with Crippen LogP contribution in [0.1, 0.15) is 27.2 Å². The molecule has 1 saturated heterocycles. The molecule has 0 saturated carbocycles. The number of amides is 2. The molecule has 128 valence electrons. The Morgan fingerprint density at radius 2 is 1.95 bits per heavy atom. The van der Waals surface area contributed by atoms with Crippen LogP contribution in [0.15, 0.2) is 0 Å². The maximum absolute atomic E-state index is 12.0. The Morgan fingerprint density at radius 1 is 1.32 bits per heavy atom. The molecular weight excluding hydrogens is 305 g/mol. The first kappa shape index (κ1) is 18.5. The van der Waals surface area contributed by atoms with Crippen molar-refractivity contribution in [2.75, 3.05) is 26.2 Å². The van der Waals surface area contributed by atoms with Crippen molar-refractivity contribution < 1.29 is 32.2 Å². The predicted octanol–water partition coefficient (Wildman–Crippen LogP) is 1.69. The highest BCUT2D eigenvalue weighted by molar-refractivity contribution is 5.81. The first-order valence-electron chi connectivity index (χ1n) is 6.93. The summed E-state index contributed by atoms with van der Waals surface area (Å²) < 4.78 is 46.7. The van der Waals surface area contributed by atoms with Gasteiger partial charge in [0.25, 0.3) is 0 Å². The minimum Gasteiger partial charge on any atom is -0.444 e. The van der Waals surface area contributed by atoms with E-state index in [0.29, 0.717) is 6.54 Å². The summed E-state index contributed by atoms with van der Waals surface area (Å²) in [6, 6.07) is 0. The van der Waals surface area contributed by atoms with Gasteiger partial charge < -0.3 is 19.7 Å². The van der Waals surface area contributed by atoms with Gasteiger partial charge in [-0.05, 0) is 27.2 Å². The van der Waals surface area contributed by atoms with Gasteiger partial charge in [0.15, 0.2) is 0 Å². The lowest BCUT2D eigenvalue weighted by molar-refractivity contribution is -0.173. The molecule has 0 radical (unpaired) electrons. The van der Waals surface area contributed by atoms with Crippen LogP contribution in [0.25, 0.3) is 0 Å². The van der Waals surface area contributed by atoms with Crippen LogP contribution < -0.4 is 5.32 Å². The van der Waals surface area contributed by atoms with E-state index in [1.807, 2.05) is 0 Å². The fourth-order valence-electron chi connectivity index (χ4n) is 1.83. The minimum atomic E-state index is -4.89. The molecule has 0 aromatic carbocycles. The SMILES string of the molecule is CC(C)(C)OC(=O)N1CCOC(CCNC(=O)C(F)(F)F)C1. The van der Waals surface area contributed by atoms with Crippen molar-refractivity contribution in [1.29, 1.82) is 0 Å². The number of carbonyl (C=O) groups is 2. The third kappa shape index (κ3) is 6.50.